The first kappa shape index (κ1) is 20.4. The van der Waals surface area contributed by atoms with Crippen molar-refractivity contribution in [2.24, 2.45) is 0 Å². The second-order valence-electron chi connectivity index (χ2n) is 8.44. The third-order valence-corrected chi connectivity index (χ3v) is 5.90. The number of aromatic nitrogens is 6. The number of nitrogens with zero attached hydrogens (tertiary/aromatic N) is 7. The number of rotatable bonds is 6. The van der Waals surface area contributed by atoms with Crippen LogP contribution in [0, 0.1) is 0 Å². The number of imidazole rings is 1. The predicted molar refractivity (Wildman–Crippen MR) is 124 cm³/mol. The van der Waals surface area contributed by atoms with Crippen LogP contribution in [0.5, 0.6) is 0 Å². The standard InChI is InChI=1S/C23H28N8O/c1-16(2)30-15-25-20-21(27-23(28-22(20)30)29-12-8-18(32)9-13-29)24-14-17-6-3-4-7-19(17)31-11-5-10-26-31/h3-7,10-11,15-16,18,32H,8-9,12-14H2,1-2H3,(H,24,27,28). The van der Waals surface area contributed by atoms with Crippen LogP contribution in [0.4, 0.5) is 11.8 Å². The summed E-state index contributed by atoms with van der Waals surface area (Å²) in [5, 5.41) is 17.8. The van der Waals surface area contributed by atoms with Crippen molar-refractivity contribution in [3.63, 3.8) is 0 Å². The fourth-order valence-electron chi connectivity index (χ4n) is 4.09. The Morgan fingerprint density at radius 3 is 2.69 bits per heavy atom. The Kier molecular flexibility index (Phi) is 5.48. The first-order valence-electron chi connectivity index (χ1n) is 11.1. The van der Waals surface area contributed by atoms with E-state index in [1.165, 1.54) is 0 Å². The Balaban J connectivity index is 1.50. The first-order valence-corrected chi connectivity index (χ1v) is 11.1. The Labute approximate surface area is 186 Å². The normalized spacial score (nSPS) is 15.1. The average Bonchev–Trinajstić information content (AvgIpc) is 3.48. The quantitative estimate of drug-likeness (QED) is 0.483. The van der Waals surface area contributed by atoms with E-state index in [9.17, 15) is 5.11 Å². The van der Waals surface area contributed by atoms with Gasteiger partial charge in [0.25, 0.3) is 0 Å². The molecule has 0 bridgehead atoms. The summed E-state index contributed by atoms with van der Waals surface area (Å²) in [7, 11) is 0. The van der Waals surface area contributed by atoms with E-state index in [2.05, 4.69) is 50.8 Å². The lowest BCUT2D eigenvalue weighted by Gasteiger charge is -2.29. The van der Waals surface area contributed by atoms with Crippen molar-refractivity contribution in [2.75, 3.05) is 23.3 Å². The zero-order valence-corrected chi connectivity index (χ0v) is 18.4. The van der Waals surface area contributed by atoms with Crippen LogP contribution >= 0.6 is 0 Å². The van der Waals surface area contributed by atoms with Crippen molar-refractivity contribution in [1.29, 1.82) is 0 Å². The number of nitrogens with one attached hydrogen (secondary N) is 1. The fraction of sp³-hybridized carbons (Fsp3) is 0.391. The van der Waals surface area contributed by atoms with Gasteiger partial charge in [-0.15, -0.1) is 0 Å². The Bertz CT molecular complexity index is 1190. The van der Waals surface area contributed by atoms with Crippen LogP contribution < -0.4 is 10.2 Å². The second kappa shape index (κ2) is 8.58. The zero-order chi connectivity index (χ0) is 22.1. The number of benzene rings is 1. The number of para-hydroxylation sites is 1. The molecule has 4 heterocycles. The molecule has 1 fully saturated rings. The zero-order valence-electron chi connectivity index (χ0n) is 18.4. The van der Waals surface area contributed by atoms with Crippen LogP contribution in [-0.2, 0) is 6.54 Å². The highest BCUT2D eigenvalue weighted by Crippen LogP contribution is 2.27. The molecule has 1 aliphatic rings. The molecule has 0 aliphatic carbocycles. The minimum Gasteiger partial charge on any atom is -0.393 e. The molecule has 1 aliphatic heterocycles. The molecule has 0 atom stereocenters. The minimum atomic E-state index is -0.243. The van der Waals surface area contributed by atoms with Crippen LogP contribution in [0.15, 0.2) is 49.1 Å². The van der Waals surface area contributed by atoms with E-state index in [1.54, 1.807) is 6.20 Å². The molecule has 0 amide bonds. The summed E-state index contributed by atoms with van der Waals surface area (Å²) in [6, 6.07) is 10.3. The van der Waals surface area contributed by atoms with Crippen molar-refractivity contribution >= 4 is 22.9 Å². The lowest BCUT2D eigenvalue weighted by atomic mass is 10.1. The van der Waals surface area contributed by atoms with Crippen LogP contribution in [0.1, 0.15) is 38.3 Å². The molecule has 0 unspecified atom stereocenters. The topological polar surface area (TPSA) is 96.9 Å². The smallest absolute Gasteiger partial charge is 0.229 e. The molecule has 32 heavy (non-hydrogen) atoms. The SMILES string of the molecule is CC(C)n1cnc2c(NCc3ccccc3-n3cccn3)nc(N3CCC(O)CC3)nc21. The second-order valence-corrected chi connectivity index (χ2v) is 8.44. The van der Waals surface area contributed by atoms with Crippen molar-refractivity contribution in [2.45, 2.75) is 45.4 Å². The van der Waals surface area contributed by atoms with Gasteiger partial charge in [0, 0.05) is 38.1 Å². The van der Waals surface area contributed by atoms with Gasteiger partial charge in [-0.25, -0.2) is 9.67 Å². The third-order valence-electron chi connectivity index (χ3n) is 5.90. The van der Waals surface area contributed by atoms with E-state index in [0.29, 0.717) is 18.3 Å². The van der Waals surface area contributed by atoms with E-state index in [-0.39, 0.29) is 12.1 Å². The molecule has 1 aromatic carbocycles. The summed E-state index contributed by atoms with van der Waals surface area (Å²) < 4.78 is 3.94. The summed E-state index contributed by atoms with van der Waals surface area (Å²) in [6.45, 7) is 6.30. The molecule has 1 saturated heterocycles. The van der Waals surface area contributed by atoms with Crippen molar-refractivity contribution in [3.05, 3.63) is 54.6 Å². The Morgan fingerprint density at radius 1 is 1.12 bits per heavy atom. The van der Waals surface area contributed by atoms with Gasteiger partial charge in [-0.3, -0.25) is 0 Å². The number of hydrogen-bond donors (Lipinski definition) is 2. The molecular formula is C23H28N8O. The van der Waals surface area contributed by atoms with Gasteiger partial charge >= 0.3 is 0 Å². The molecule has 166 valence electrons. The van der Waals surface area contributed by atoms with E-state index < -0.39 is 0 Å². The Morgan fingerprint density at radius 2 is 1.94 bits per heavy atom. The maximum atomic E-state index is 9.90. The third kappa shape index (κ3) is 3.91. The summed E-state index contributed by atoms with van der Waals surface area (Å²) in [5.41, 5.74) is 3.71. The van der Waals surface area contributed by atoms with Gasteiger partial charge in [0.15, 0.2) is 17.0 Å². The maximum absolute atomic E-state index is 9.90. The van der Waals surface area contributed by atoms with Gasteiger partial charge < -0.3 is 19.9 Å². The number of aliphatic hydroxyl groups excluding tert-OH is 1. The van der Waals surface area contributed by atoms with E-state index >= 15 is 0 Å². The van der Waals surface area contributed by atoms with Crippen LogP contribution in [0.25, 0.3) is 16.9 Å². The lowest BCUT2D eigenvalue weighted by molar-refractivity contribution is 0.145. The van der Waals surface area contributed by atoms with E-state index in [4.69, 9.17) is 9.97 Å². The van der Waals surface area contributed by atoms with Gasteiger partial charge in [0.1, 0.15) is 0 Å². The number of fused-ring (bicyclic) bond motifs is 1. The molecule has 3 aromatic heterocycles. The van der Waals surface area contributed by atoms with Gasteiger partial charge in [-0.2, -0.15) is 15.1 Å². The molecule has 5 rings (SSSR count). The highest BCUT2D eigenvalue weighted by atomic mass is 16.3. The first-order chi connectivity index (χ1) is 15.6. The fourth-order valence-corrected chi connectivity index (χ4v) is 4.09. The van der Waals surface area contributed by atoms with Crippen LogP contribution in [-0.4, -0.2) is 53.6 Å². The predicted octanol–water partition coefficient (Wildman–Crippen LogP) is 3.17. The summed E-state index contributed by atoms with van der Waals surface area (Å²) >= 11 is 0. The number of hydrogen-bond acceptors (Lipinski definition) is 7. The molecular weight excluding hydrogens is 404 g/mol. The van der Waals surface area contributed by atoms with E-state index in [1.807, 2.05) is 35.4 Å². The molecule has 4 aromatic rings. The van der Waals surface area contributed by atoms with Crippen molar-refractivity contribution in [3.8, 4) is 5.69 Å². The molecule has 9 heteroatoms. The van der Waals surface area contributed by atoms with E-state index in [0.717, 1.165) is 48.3 Å². The number of anilines is 2. The minimum absolute atomic E-state index is 0.235. The van der Waals surface area contributed by atoms with Crippen LogP contribution in [0.3, 0.4) is 0 Å². The number of piperidine rings is 1. The van der Waals surface area contributed by atoms with Gasteiger partial charge in [0.05, 0.1) is 18.1 Å². The summed E-state index contributed by atoms with van der Waals surface area (Å²) in [5.74, 6) is 1.39. The Hall–Kier alpha value is -3.46. The van der Waals surface area contributed by atoms with Crippen molar-refractivity contribution in [1.82, 2.24) is 29.3 Å². The molecule has 0 saturated carbocycles. The summed E-state index contributed by atoms with van der Waals surface area (Å²) in [4.78, 5) is 16.5. The lowest BCUT2D eigenvalue weighted by Crippen LogP contribution is -2.37. The molecule has 0 radical (unpaired) electrons. The largest absolute Gasteiger partial charge is 0.393 e. The monoisotopic (exact) mass is 432 g/mol. The average molecular weight is 433 g/mol. The summed E-state index contributed by atoms with van der Waals surface area (Å²) in [6.07, 6.45) is 6.76. The molecule has 2 N–H and O–H groups in total. The highest BCUT2D eigenvalue weighted by molar-refractivity contribution is 5.84. The van der Waals surface area contributed by atoms with Crippen molar-refractivity contribution < 1.29 is 5.11 Å². The van der Waals surface area contributed by atoms with Gasteiger partial charge in [-0.05, 0) is 44.4 Å². The molecule has 9 nitrogen and oxygen atoms in total. The maximum Gasteiger partial charge on any atom is 0.229 e. The van der Waals surface area contributed by atoms with Gasteiger partial charge in [-0.1, -0.05) is 18.2 Å². The number of aliphatic hydroxyl groups is 1. The van der Waals surface area contributed by atoms with Gasteiger partial charge in [0.2, 0.25) is 5.95 Å². The highest BCUT2D eigenvalue weighted by Gasteiger charge is 2.22. The molecule has 0 spiro atoms. The van der Waals surface area contributed by atoms with Crippen LogP contribution in [0.2, 0.25) is 0 Å².